The van der Waals surface area contributed by atoms with Crippen molar-refractivity contribution in [2.75, 3.05) is 0 Å². The Morgan fingerprint density at radius 1 is 1.07 bits per heavy atom. The number of fused-ring (bicyclic) bond motifs is 1. The van der Waals surface area contributed by atoms with Crippen molar-refractivity contribution in [1.82, 2.24) is 4.98 Å². The summed E-state index contributed by atoms with van der Waals surface area (Å²) in [6.45, 7) is 6.12. The molecule has 2 heteroatoms. The fourth-order valence-electron chi connectivity index (χ4n) is 1.86. The van der Waals surface area contributed by atoms with Gasteiger partial charge in [-0.05, 0) is 37.8 Å². The summed E-state index contributed by atoms with van der Waals surface area (Å²) in [5.41, 5.74) is 3.42. The number of aromatic nitrogens is 1. The zero-order valence-electron chi connectivity index (χ0n) is 8.56. The molecule has 0 amide bonds. The SMILES string of the molecule is Cc1cc(C)c2c(Cl)nc(C)cc2c1. The van der Waals surface area contributed by atoms with Crippen LogP contribution >= 0.6 is 11.6 Å². The maximum atomic E-state index is 6.11. The molecule has 1 aromatic heterocycles. The second-order valence-electron chi connectivity index (χ2n) is 3.73. The summed E-state index contributed by atoms with van der Waals surface area (Å²) < 4.78 is 0. The van der Waals surface area contributed by atoms with Crippen LogP contribution in [0.3, 0.4) is 0 Å². The van der Waals surface area contributed by atoms with E-state index in [1.807, 2.05) is 6.92 Å². The molecular weight excluding hydrogens is 194 g/mol. The first-order chi connectivity index (χ1) is 6.58. The van der Waals surface area contributed by atoms with Crippen LogP contribution in [0.25, 0.3) is 10.8 Å². The Morgan fingerprint density at radius 2 is 1.79 bits per heavy atom. The number of pyridine rings is 1. The molecular formula is C12H12ClN. The van der Waals surface area contributed by atoms with Gasteiger partial charge in [0, 0.05) is 11.1 Å². The van der Waals surface area contributed by atoms with Gasteiger partial charge in [-0.3, -0.25) is 0 Å². The highest BCUT2D eigenvalue weighted by Gasteiger charge is 2.05. The van der Waals surface area contributed by atoms with E-state index in [1.165, 1.54) is 16.5 Å². The zero-order chi connectivity index (χ0) is 10.3. The van der Waals surface area contributed by atoms with Crippen LogP contribution in [-0.4, -0.2) is 4.98 Å². The molecule has 0 atom stereocenters. The summed E-state index contributed by atoms with van der Waals surface area (Å²) in [5.74, 6) is 0. The van der Waals surface area contributed by atoms with Crippen LogP contribution < -0.4 is 0 Å². The van der Waals surface area contributed by atoms with E-state index in [-0.39, 0.29) is 0 Å². The molecule has 2 rings (SSSR count). The Hall–Kier alpha value is -1.08. The lowest BCUT2D eigenvalue weighted by Gasteiger charge is -2.06. The maximum absolute atomic E-state index is 6.11. The molecule has 1 aromatic carbocycles. The number of nitrogens with zero attached hydrogens (tertiary/aromatic N) is 1. The Bertz CT molecular complexity index is 460. The first-order valence-electron chi connectivity index (χ1n) is 4.62. The van der Waals surface area contributed by atoms with E-state index < -0.39 is 0 Å². The summed E-state index contributed by atoms with van der Waals surface area (Å²) in [5, 5.41) is 2.86. The quantitative estimate of drug-likeness (QED) is 0.596. The molecule has 1 heterocycles. The fraction of sp³-hybridized carbons (Fsp3) is 0.250. The molecule has 72 valence electrons. The Labute approximate surface area is 88.7 Å². The fourth-order valence-corrected chi connectivity index (χ4v) is 2.26. The topological polar surface area (TPSA) is 12.9 Å². The summed E-state index contributed by atoms with van der Waals surface area (Å²) in [7, 11) is 0. The molecule has 0 radical (unpaired) electrons. The Kier molecular flexibility index (Phi) is 2.20. The van der Waals surface area contributed by atoms with Crippen LogP contribution in [0.4, 0.5) is 0 Å². The van der Waals surface area contributed by atoms with Crippen molar-refractivity contribution in [3.05, 3.63) is 40.2 Å². The lowest BCUT2D eigenvalue weighted by Crippen LogP contribution is -1.88. The molecule has 0 fully saturated rings. The van der Waals surface area contributed by atoms with Crippen LogP contribution in [0.2, 0.25) is 5.15 Å². The van der Waals surface area contributed by atoms with Gasteiger partial charge in [0.05, 0.1) is 0 Å². The molecule has 14 heavy (non-hydrogen) atoms. The minimum Gasteiger partial charge on any atom is -0.241 e. The Balaban J connectivity index is 2.94. The number of halogens is 1. The van der Waals surface area contributed by atoms with Crippen LogP contribution in [0.15, 0.2) is 18.2 Å². The zero-order valence-corrected chi connectivity index (χ0v) is 9.31. The number of aryl methyl sites for hydroxylation is 3. The average Bonchev–Trinajstić information content (AvgIpc) is 1.99. The lowest BCUT2D eigenvalue weighted by atomic mass is 10.0. The van der Waals surface area contributed by atoms with E-state index in [4.69, 9.17) is 11.6 Å². The van der Waals surface area contributed by atoms with Crippen molar-refractivity contribution in [2.24, 2.45) is 0 Å². The van der Waals surface area contributed by atoms with Gasteiger partial charge in [-0.1, -0.05) is 29.3 Å². The molecule has 0 spiro atoms. The minimum absolute atomic E-state index is 0.609. The largest absolute Gasteiger partial charge is 0.241 e. The summed E-state index contributed by atoms with van der Waals surface area (Å²) in [4.78, 5) is 4.26. The number of hydrogen-bond acceptors (Lipinski definition) is 1. The van der Waals surface area contributed by atoms with Gasteiger partial charge in [-0.2, -0.15) is 0 Å². The first kappa shape index (κ1) is 9.47. The van der Waals surface area contributed by atoms with Crippen LogP contribution in [0.5, 0.6) is 0 Å². The molecule has 0 bridgehead atoms. The van der Waals surface area contributed by atoms with Gasteiger partial charge in [0.15, 0.2) is 0 Å². The second kappa shape index (κ2) is 3.25. The Morgan fingerprint density at radius 3 is 2.50 bits per heavy atom. The van der Waals surface area contributed by atoms with E-state index in [9.17, 15) is 0 Å². The second-order valence-corrected chi connectivity index (χ2v) is 4.09. The molecule has 0 aliphatic rings. The predicted molar refractivity (Wildman–Crippen MR) is 61.0 cm³/mol. The van der Waals surface area contributed by atoms with Gasteiger partial charge in [-0.25, -0.2) is 4.98 Å². The molecule has 0 saturated carbocycles. The van der Waals surface area contributed by atoms with Crippen molar-refractivity contribution >= 4 is 22.4 Å². The third-order valence-electron chi connectivity index (χ3n) is 2.36. The third kappa shape index (κ3) is 1.48. The lowest BCUT2D eigenvalue weighted by molar-refractivity contribution is 1.22. The van der Waals surface area contributed by atoms with E-state index in [0.29, 0.717) is 5.15 Å². The normalized spacial score (nSPS) is 10.9. The van der Waals surface area contributed by atoms with Crippen molar-refractivity contribution in [2.45, 2.75) is 20.8 Å². The minimum atomic E-state index is 0.609. The monoisotopic (exact) mass is 205 g/mol. The van der Waals surface area contributed by atoms with Crippen molar-refractivity contribution in [3.8, 4) is 0 Å². The molecule has 1 nitrogen and oxygen atoms in total. The van der Waals surface area contributed by atoms with Gasteiger partial charge < -0.3 is 0 Å². The van der Waals surface area contributed by atoms with Crippen LogP contribution in [0.1, 0.15) is 16.8 Å². The highest BCUT2D eigenvalue weighted by atomic mass is 35.5. The van der Waals surface area contributed by atoms with Crippen molar-refractivity contribution in [1.29, 1.82) is 0 Å². The van der Waals surface area contributed by atoms with E-state index in [2.05, 4.69) is 37.0 Å². The standard InChI is InChI=1S/C12H12ClN/c1-7-4-8(2)11-10(5-7)6-9(3)14-12(11)13/h4-6H,1-3H3. The van der Waals surface area contributed by atoms with Gasteiger partial charge in [-0.15, -0.1) is 0 Å². The molecule has 0 aliphatic heterocycles. The average molecular weight is 206 g/mol. The molecule has 2 aromatic rings. The smallest absolute Gasteiger partial charge is 0.137 e. The van der Waals surface area contributed by atoms with Crippen molar-refractivity contribution < 1.29 is 0 Å². The predicted octanol–water partition coefficient (Wildman–Crippen LogP) is 3.81. The molecule has 0 N–H and O–H groups in total. The highest BCUT2D eigenvalue weighted by Crippen LogP contribution is 2.26. The summed E-state index contributed by atoms with van der Waals surface area (Å²) in [6.07, 6.45) is 0. The van der Waals surface area contributed by atoms with Crippen LogP contribution in [-0.2, 0) is 0 Å². The summed E-state index contributed by atoms with van der Waals surface area (Å²) >= 11 is 6.11. The first-order valence-corrected chi connectivity index (χ1v) is 5.00. The van der Waals surface area contributed by atoms with Gasteiger partial charge >= 0.3 is 0 Å². The van der Waals surface area contributed by atoms with E-state index >= 15 is 0 Å². The van der Waals surface area contributed by atoms with Gasteiger partial charge in [0.25, 0.3) is 0 Å². The van der Waals surface area contributed by atoms with Crippen molar-refractivity contribution in [3.63, 3.8) is 0 Å². The maximum Gasteiger partial charge on any atom is 0.137 e. The van der Waals surface area contributed by atoms with Gasteiger partial charge in [0.2, 0.25) is 0 Å². The number of hydrogen-bond donors (Lipinski definition) is 0. The third-order valence-corrected chi connectivity index (χ3v) is 2.63. The van der Waals surface area contributed by atoms with Gasteiger partial charge in [0.1, 0.15) is 5.15 Å². The number of rotatable bonds is 0. The van der Waals surface area contributed by atoms with Crippen LogP contribution in [0, 0.1) is 20.8 Å². The molecule has 0 saturated heterocycles. The summed E-state index contributed by atoms with van der Waals surface area (Å²) in [6, 6.07) is 6.34. The number of benzene rings is 1. The van der Waals surface area contributed by atoms with E-state index in [1.54, 1.807) is 0 Å². The van der Waals surface area contributed by atoms with E-state index in [0.717, 1.165) is 11.1 Å². The molecule has 0 unspecified atom stereocenters. The molecule has 0 aliphatic carbocycles. The highest BCUT2D eigenvalue weighted by molar-refractivity contribution is 6.34.